The Hall–Kier alpha value is -3.49. The number of carbonyl (C=O) groups is 5. The second-order valence-corrected chi connectivity index (χ2v) is 8.95. The van der Waals surface area contributed by atoms with Gasteiger partial charge in [-0.3, -0.25) is 19.3 Å². The van der Waals surface area contributed by atoms with Gasteiger partial charge < -0.3 is 14.8 Å². The Morgan fingerprint density at radius 3 is 2.24 bits per heavy atom. The summed E-state index contributed by atoms with van der Waals surface area (Å²) < 4.78 is 10.2. The minimum absolute atomic E-state index is 0.0510. The lowest BCUT2D eigenvalue weighted by atomic mass is 9.85. The van der Waals surface area contributed by atoms with Crippen molar-refractivity contribution in [3.8, 4) is 0 Å². The number of esters is 2. The fourth-order valence-electron chi connectivity index (χ4n) is 4.95. The predicted octanol–water partition coefficient (Wildman–Crippen LogP) is 2.32. The summed E-state index contributed by atoms with van der Waals surface area (Å²) in [5.41, 5.74) is 0.780. The van der Waals surface area contributed by atoms with Crippen LogP contribution in [0.4, 0.5) is 5.69 Å². The van der Waals surface area contributed by atoms with Gasteiger partial charge >= 0.3 is 11.9 Å². The van der Waals surface area contributed by atoms with Gasteiger partial charge in [0.05, 0.1) is 24.0 Å². The normalized spacial score (nSPS) is 25.3. The van der Waals surface area contributed by atoms with E-state index in [2.05, 4.69) is 5.32 Å². The molecule has 2 bridgehead atoms. The van der Waals surface area contributed by atoms with E-state index in [1.54, 1.807) is 12.1 Å². The third kappa shape index (κ3) is 4.47. The number of hydrogen-bond donors (Lipinski definition) is 1. The van der Waals surface area contributed by atoms with Gasteiger partial charge in [-0.1, -0.05) is 25.5 Å². The third-order valence-electron chi connectivity index (χ3n) is 6.71. The van der Waals surface area contributed by atoms with Crippen LogP contribution in [-0.2, 0) is 28.7 Å². The summed E-state index contributed by atoms with van der Waals surface area (Å²) in [6.45, 7) is 3.22. The van der Waals surface area contributed by atoms with Crippen molar-refractivity contribution in [2.75, 3.05) is 18.5 Å². The van der Waals surface area contributed by atoms with Crippen LogP contribution in [0.3, 0.4) is 0 Å². The predicted molar refractivity (Wildman–Crippen MR) is 120 cm³/mol. The molecule has 1 aliphatic heterocycles. The number of nitrogens with zero attached hydrogens (tertiary/aromatic N) is 1. The molecule has 5 atom stereocenters. The molecule has 1 aromatic rings. The highest BCUT2D eigenvalue weighted by atomic mass is 16.5. The summed E-state index contributed by atoms with van der Waals surface area (Å²) >= 11 is 0. The van der Waals surface area contributed by atoms with Crippen LogP contribution in [0, 0.1) is 23.7 Å². The van der Waals surface area contributed by atoms with E-state index in [-0.39, 0.29) is 23.7 Å². The van der Waals surface area contributed by atoms with Crippen LogP contribution in [0.2, 0.25) is 0 Å². The fourth-order valence-corrected chi connectivity index (χ4v) is 4.95. The molecule has 2 fully saturated rings. The molecule has 1 saturated heterocycles. The van der Waals surface area contributed by atoms with Crippen LogP contribution in [-0.4, -0.2) is 53.8 Å². The Bertz CT molecular complexity index is 1000. The van der Waals surface area contributed by atoms with Gasteiger partial charge in [0.15, 0.2) is 6.61 Å². The Morgan fingerprint density at radius 2 is 1.65 bits per heavy atom. The van der Waals surface area contributed by atoms with E-state index < -0.39 is 42.3 Å². The number of benzene rings is 1. The second-order valence-electron chi connectivity index (χ2n) is 8.95. The van der Waals surface area contributed by atoms with Crippen molar-refractivity contribution in [3.63, 3.8) is 0 Å². The maximum absolute atomic E-state index is 12.8. The van der Waals surface area contributed by atoms with Crippen molar-refractivity contribution in [1.29, 1.82) is 0 Å². The lowest BCUT2D eigenvalue weighted by Gasteiger charge is -2.23. The molecule has 34 heavy (non-hydrogen) atoms. The topological polar surface area (TPSA) is 119 Å². The van der Waals surface area contributed by atoms with Crippen LogP contribution in [0.5, 0.6) is 0 Å². The van der Waals surface area contributed by atoms with Crippen LogP contribution >= 0.6 is 0 Å². The Labute approximate surface area is 197 Å². The number of imide groups is 1. The minimum atomic E-state index is -1.10. The first-order valence-electron chi connectivity index (χ1n) is 11.6. The number of unbranched alkanes of at least 4 members (excludes halogenated alkanes) is 1. The van der Waals surface area contributed by atoms with E-state index in [1.165, 1.54) is 19.1 Å². The highest BCUT2D eigenvalue weighted by Gasteiger charge is 2.60. The first-order valence-corrected chi connectivity index (χ1v) is 11.6. The molecular formula is C25H28N2O7. The van der Waals surface area contributed by atoms with Gasteiger partial charge in [0, 0.05) is 5.69 Å². The van der Waals surface area contributed by atoms with E-state index >= 15 is 0 Å². The Kier molecular flexibility index (Phi) is 6.81. The first kappa shape index (κ1) is 23.7. The summed E-state index contributed by atoms with van der Waals surface area (Å²) in [6.07, 6.45) is 6.48. The second kappa shape index (κ2) is 9.79. The molecule has 3 aliphatic rings. The minimum Gasteiger partial charge on any atom is -0.462 e. The van der Waals surface area contributed by atoms with Crippen molar-refractivity contribution < 1.29 is 33.4 Å². The van der Waals surface area contributed by atoms with E-state index in [4.69, 9.17) is 9.47 Å². The number of rotatable bonds is 9. The van der Waals surface area contributed by atoms with Crippen LogP contribution in [0.25, 0.3) is 0 Å². The summed E-state index contributed by atoms with van der Waals surface area (Å²) in [5, 5.41) is 2.57. The van der Waals surface area contributed by atoms with E-state index in [0.717, 1.165) is 24.2 Å². The number of amides is 3. The van der Waals surface area contributed by atoms with E-state index in [1.807, 2.05) is 19.1 Å². The van der Waals surface area contributed by atoms with Crippen molar-refractivity contribution in [3.05, 3.63) is 42.0 Å². The van der Waals surface area contributed by atoms with E-state index in [0.29, 0.717) is 17.9 Å². The number of nitrogens with one attached hydrogen (secondary N) is 1. The van der Waals surface area contributed by atoms with Gasteiger partial charge in [-0.2, -0.15) is 0 Å². The molecular weight excluding hydrogens is 440 g/mol. The first-order chi connectivity index (χ1) is 16.3. The van der Waals surface area contributed by atoms with Gasteiger partial charge in [-0.15, -0.1) is 0 Å². The maximum Gasteiger partial charge on any atom is 0.338 e. The Balaban J connectivity index is 1.25. The van der Waals surface area contributed by atoms with Gasteiger partial charge in [0.1, 0.15) is 6.04 Å². The van der Waals surface area contributed by atoms with Gasteiger partial charge in [0.2, 0.25) is 11.8 Å². The largest absolute Gasteiger partial charge is 0.462 e. The number of allylic oxidation sites excluding steroid dienone is 2. The molecule has 1 aromatic carbocycles. The molecule has 0 aromatic heterocycles. The van der Waals surface area contributed by atoms with Crippen molar-refractivity contribution in [1.82, 2.24) is 4.90 Å². The van der Waals surface area contributed by atoms with Gasteiger partial charge in [-0.25, -0.2) is 9.59 Å². The van der Waals surface area contributed by atoms with Gasteiger partial charge in [0.25, 0.3) is 5.91 Å². The molecule has 3 amide bonds. The maximum atomic E-state index is 12.8. The molecule has 0 spiro atoms. The number of carbonyl (C=O) groups excluding carboxylic acids is 5. The van der Waals surface area contributed by atoms with Crippen LogP contribution < -0.4 is 5.32 Å². The third-order valence-corrected chi connectivity index (χ3v) is 6.71. The lowest BCUT2D eigenvalue weighted by Crippen LogP contribution is -2.45. The fraction of sp³-hybridized carbons (Fsp3) is 0.480. The lowest BCUT2D eigenvalue weighted by molar-refractivity contribution is -0.159. The highest BCUT2D eigenvalue weighted by molar-refractivity contribution is 6.09. The SMILES string of the molecule is CCCCOC(=O)c1ccc(NC(=O)COC(=O)[C@H](C)N2C(=O)[C@H]3[C@H](C2=O)[C@H]2C=C[C@H]3C2)cc1. The molecule has 9 heteroatoms. The van der Waals surface area contributed by atoms with E-state index in [9.17, 15) is 24.0 Å². The summed E-state index contributed by atoms with van der Waals surface area (Å²) in [4.78, 5) is 63.2. The molecule has 2 aliphatic carbocycles. The molecule has 1 N–H and O–H groups in total. The number of hydrogen-bond acceptors (Lipinski definition) is 7. The number of ether oxygens (including phenoxy) is 2. The standard InChI is InChI=1S/C25H28N2O7/c1-3-4-11-33-25(32)15-7-9-18(10-8-15)26-19(28)13-34-24(31)14(2)27-22(29)20-16-5-6-17(12-16)21(20)23(27)30/h5-10,14,16-17,20-21H,3-4,11-13H2,1-2H3,(H,26,28)/t14-,16-,17-,20+,21+/m0/s1. The molecule has 1 heterocycles. The number of likely N-dealkylation sites (tertiary alicyclic amines) is 1. The number of fused-ring (bicyclic) bond motifs is 5. The molecule has 1 saturated carbocycles. The molecule has 180 valence electrons. The van der Waals surface area contributed by atoms with Crippen molar-refractivity contribution in [2.45, 2.75) is 39.2 Å². The van der Waals surface area contributed by atoms with Crippen LogP contribution in [0.15, 0.2) is 36.4 Å². The highest BCUT2D eigenvalue weighted by Crippen LogP contribution is 2.52. The molecule has 0 unspecified atom stereocenters. The zero-order valence-corrected chi connectivity index (χ0v) is 19.2. The number of anilines is 1. The average Bonchev–Trinajstić information content (AvgIpc) is 3.51. The zero-order chi connectivity index (χ0) is 24.4. The Morgan fingerprint density at radius 1 is 1.03 bits per heavy atom. The molecule has 9 nitrogen and oxygen atoms in total. The average molecular weight is 469 g/mol. The smallest absolute Gasteiger partial charge is 0.338 e. The summed E-state index contributed by atoms with van der Waals surface area (Å²) in [6, 6.07) is 5.04. The van der Waals surface area contributed by atoms with Crippen molar-refractivity contribution in [2.24, 2.45) is 23.7 Å². The summed E-state index contributed by atoms with van der Waals surface area (Å²) in [5.74, 6) is -3.21. The summed E-state index contributed by atoms with van der Waals surface area (Å²) in [7, 11) is 0. The quantitative estimate of drug-likeness (QED) is 0.256. The monoisotopic (exact) mass is 468 g/mol. The van der Waals surface area contributed by atoms with Gasteiger partial charge in [-0.05, 0) is 55.9 Å². The van der Waals surface area contributed by atoms with Crippen LogP contribution in [0.1, 0.15) is 43.5 Å². The van der Waals surface area contributed by atoms with Crippen molar-refractivity contribution >= 4 is 35.3 Å². The molecule has 4 rings (SSSR count). The molecule has 0 radical (unpaired) electrons. The zero-order valence-electron chi connectivity index (χ0n) is 19.2.